The number of rotatable bonds is 2. The molecule has 7 heteroatoms. The van der Waals surface area contributed by atoms with Gasteiger partial charge in [-0.15, -0.1) is 0 Å². The fourth-order valence-corrected chi connectivity index (χ4v) is 2.54. The second-order valence-electron chi connectivity index (χ2n) is 5.16. The van der Waals surface area contributed by atoms with Crippen molar-refractivity contribution in [1.29, 1.82) is 0 Å². The van der Waals surface area contributed by atoms with Gasteiger partial charge in [-0.3, -0.25) is 0 Å². The second kappa shape index (κ2) is 5.23. The number of benzene rings is 1. The van der Waals surface area contributed by atoms with Crippen LogP contribution in [-0.2, 0) is 6.18 Å². The number of alkyl halides is 3. The van der Waals surface area contributed by atoms with Crippen molar-refractivity contribution in [2.45, 2.75) is 6.18 Å². The lowest BCUT2D eigenvalue weighted by molar-refractivity contribution is -0.142. The molecule has 0 aliphatic heterocycles. The third kappa shape index (κ3) is 2.34. The lowest BCUT2D eigenvalue weighted by atomic mass is 10.1. The third-order valence-electron chi connectivity index (χ3n) is 3.62. The predicted molar refractivity (Wildman–Crippen MR) is 81.1 cm³/mol. The first kappa shape index (κ1) is 14.5. The van der Waals surface area contributed by atoms with Crippen molar-refractivity contribution in [1.82, 2.24) is 14.6 Å². The molecule has 0 fully saturated rings. The minimum Gasteiger partial charge on any atom is -0.463 e. The van der Waals surface area contributed by atoms with E-state index in [0.717, 1.165) is 16.1 Å². The highest BCUT2D eigenvalue weighted by atomic mass is 19.4. The Kier molecular flexibility index (Phi) is 3.16. The minimum atomic E-state index is -4.57. The van der Waals surface area contributed by atoms with Gasteiger partial charge in [0, 0.05) is 5.56 Å². The summed E-state index contributed by atoms with van der Waals surface area (Å²) in [6.07, 6.45) is -1.79. The fourth-order valence-electron chi connectivity index (χ4n) is 2.54. The first-order chi connectivity index (χ1) is 11.5. The van der Waals surface area contributed by atoms with E-state index in [9.17, 15) is 13.2 Å². The summed E-state index contributed by atoms with van der Waals surface area (Å²) in [5.41, 5.74) is 0.597. The van der Waals surface area contributed by atoms with Crippen LogP contribution in [-0.4, -0.2) is 14.6 Å². The van der Waals surface area contributed by atoms with Crippen LogP contribution in [0.4, 0.5) is 13.2 Å². The van der Waals surface area contributed by atoms with Crippen molar-refractivity contribution in [2.75, 3.05) is 0 Å². The van der Waals surface area contributed by atoms with Gasteiger partial charge in [0.1, 0.15) is 5.69 Å². The SMILES string of the molecule is FC(F)(F)c1cc(-c2ccco2)nc2c(-c3ccccc3)cnn12. The summed E-state index contributed by atoms with van der Waals surface area (Å²) in [7, 11) is 0. The highest BCUT2D eigenvalue weighted by molar-refractivity contribution is 5.78. The van der Waals surface area contributed by atoms with Gasteiger partial charge >= 0.3 is 6.18 Å². The van der Waals surface area contributed by atoms with E-state index in [1.807, 2.05) is 6.07 Å². The smallest absolute Gasteiger partial charge is 0.433 e. The lowest BCUT2D eigenvalue weighted by Gasteiger charge is -2.10. The molecule has 0 spiro atoms. The summed E-state index contributed by atoms with van der Waals surface area (Å²) in [4.78, 5) is 4.33. The Balaban J connectivity index is 2.03. The van der Waals surface area contributed by atoms with Gasteiger partial charge in [0.2, 0.25) is 0 Å². The molecule has 0 radical (unpaired) electrons. The standard InChI is InChI=1S/C17H10F3N3O/c18-17(19,20)15-9-13(14-7-4-8-24-14)22-16-12(10-21-23(15)16)11-5-2-1-3-6-11/h1-10H. The molecule has 0 aliphatic carbocycles. The van der Waals surface area contributed by atoms with Crippen molar-refractivity contribution in [3.8, 4) is 22.6 Å². The molecule has 1 aromatic carbocycles. The van der Waals surface area contributed by atoms with E-state index < -0.39 is 11.9 Å². The zero-order valence-electron chi connectivity index (χ0n) is 12.2. The zero-order chi connectivity index (χ0) is 16.7. The van der Waals surface area contributed by atoms with E-state index in [1.165, 1.54) is 12.5 Å². The third-order valence-corrected chi connectivity index (χ3v) is 3.62. The van der Waals surface area contributed by atoms with Crippen molar-refractivity contribution in [3.63, 3.8) is 0 Å². The minimum absolute atomic E-state index is 0.109. The zero-order valence-corrected chi connectivity index (χ0v) is 12.2. The van der Waals surface area contributed by atoms with Crippen LogP contribution in [0.5, 0.6) is 0 Å². The second-order valence-corrected chi connectivity index (χ2v) is 5.16. The Labute approximate surface area is 134 Å². The molecular formula is C17H10F3N3O. The van der Waals surface area contributed by atoms with E-state index in [-0.39, 0.29) is 17.1 Å². The Bertz CT molecular complexity index is 989. The van der Waals surface area contributed by atoms with Crippen LogP contribution in [0, 0.1) is 0 Å². The van der Waals surface area contributed by atoms with Gasteiger partial charge in [0.15, 0.2) is 17.1 Å². The van der Waals surface area contributed by atoms with Crippen molar-refractivity contribution in [2.24, 2.45) is 0 Å². The molecule has 120 valence electrons. The van der Waals surface area contributed by atoms with Crippen LogP contribution in [0.3, 0.4) is 0 Å². The molecular weight excluding hydrogens is 319 g/mol. The summed E-state index contributed by atoms with van der Waals surface area (Å²) < 4.78 is 46.3. The quantitative estimate of drug-likeness (QED) is 0.536. The summed E-state index contributed by atoms with van der Waals surface area (Å²) in [6.45, 7) is 0. The highest BCUT2D eigenvalue weighted by Gasteiger charge is 2.35. The van der Waals surface area contributed by atoms with Crippen LogP contribution in [0.2, 0.25) is 0 Å². The van der Waals surface area contributed by atoms with E-state index in [0.29, 0.717) is 5.56 Å². The topological polar surface area (TPSA) is 43.3 Å². The van der Waals surface area contributed by atoms with Crippen LogP contribution in [0.1, 0.15) is 5.69 Å². The van der Waals surface area contributed by atoms with Gasteiger partial charge in [0.25, 0.3) is 0 Å². The maximum atomic E-state index is 13.4. The average molecular weight is 329 g/mol. The van der Waals surface area contributed by atoms with E-state index >= 15 is 0 Å². The van der Waals surface area contributed by atoms with Gasteiger partial charge in [-0.05, 0) is 23.8 Å². The normalized spacial score (nSPS) is 12.0. The number of halogens is 3. The Morgan fingerprint density at radius 1 is 1.00 bits per heavy atom. The monoisotopic (exact) mass is 329 g/mol. The molecule has 3 heterocycles. The predicted octanol–water partition coefficient (Wildman–Crippen LogP) is 4.68. The molecule has 4 aromatic rings. The molecule has 0 bridgehead atoms. The average Bonchev–Trinajstić information content (AvgIpc) is 3.23. The maximum Gasteiger partial charge on any atom is 0.433 e. The molecule has 24 heavy (non-hydrogen) atoms. The maximum absolute atomic E-state index is 13.4. The number of fused-ring (bicyclic) bond motifs is 1. The molecule has 0 unspecified atom stereocenters. The molecule has 0 aliphatic rings. The van der Waals surface area contributed by atoms with Gasteiger partial charge in [-0.1, -0.05) is 30.3 Å². The highest BCUT2D eigenvalue weighted by Crippen LogP contribution is 2.34. The first-order valence-electron chi connectivity index (χ1n) is 7.09. The number of furan rings is 1. The van der Waals surface area contributed by atoms with Gasteiger partial charge in [-0.2, -0.15) is 18.3 Å². The molecule has 4 rings (SSSR count). The molecule has 4 nitrogen and oxygen atoms in total. The van der Waals surface area contributed by atoms with Gasteiger partial charge < -0.3 is 4.42 Å². The fraction of sp³-hybridized carbons (Fsp3) is 0.0588. The molecule has 0 atom stereocenters. The van der Waals surface area contributed by atoms with Crippen LogP contribution >= 0.6 is 0 Å². The number of nitrogens with zero attached hydrogens (tertiary/aromatic N) is 3. The first-order valence-corrected chi connectivity index (χ1v) is 7.09. The Morgan fingerprint density at radius 2 is 1.79 bits per heavy atom. The lowest BCUT2D eigenvalue weighted by Crippen LogP contribution is -2.13. The number of hydrogen-bond acceptors (Lipinski definition) is 3. The summed E-state index contributed by atoms with van der Waals surface area (Å²) in [5, 5.41) is 3.89. The Hall–Kier alpha value is -3.09. The summed E-state index contributed by atoms with van der Waals surface area (Å²) >= 11 is 0. The van der Waals surface area contributed by atoms with Crippen LogP contribution < -0.4 is 0 Å². The summed E-state index contributed by atoms with van der Waals surface area (Å²) in [6, 6.07) is 13.1. The molecule has 0 saturated heterocycles. The van der Waals surface area contributed by atoms with Crippen molar-refractivity contribution < 1.29 is 17.6 Å². The van der Waals surface area contributed by atoms with Crippen molar-refractivity contribution >= 4 is 5.65 Å². The molecule has 3 aromatic heterocycles. The van der Waals surface area contributed by atoms with Crippen molar-refractivity contribution in [3.05, 3.63) is 66.7 Å². The number of aromatic nitrogens is 3. The largest absolute Gasteiger partial charge is 0.463 e. The molecule has 0 saturated carbocycles. The number of hydrogen-bond donors (Lipinski definition) is 0. The molecule has 0 amide bonds. The van der Waals surface area contributed by atoms with Crippen LogP contribution in [0.25, 0.3) is 28.2 Å². The van der Waals surface area contributed by atoms with E-state index in [4.69, 9.17) is 4.42 Å². The Morgan fingerprint density at radius 3 is 2.46 bits per heavy atom. The van der Waals surface area contributed by atoms with Gasteiger partial charge in [-0.25, -0.2) is 9.50 Å². The van der Waals surface area contributed by atoms with Gasteiger partial charge in [0.05, 0.1) is 12.5 Å². The van der Waals surface area contributed by atoms with E-state index in [1.54, 1.807) is 36.4 Å². The molecule has 0 N–H and O–H groups in total. The van der Waals surface area contributed by atoms with E-state index in [2.05, 4.69) is 10.1 Å². The van der Waals surface area contributed by atoms with Crippen LogP contribution in [0.15, 0.2) is 65.4 Å². The summed E-state index contributed by atoms with van der Waals surface area (Å²) in [5.74, 6) is 0.267.